The number of aromatic nitrogens is 2. The fourth-order valence-electron chi connectivity index (χ4n) is 1.98. The summed E-state index contributed by atoms with van der Waals surface area (Å²) in [5.41, 5.74) is 1.31. The van der Waals surface area contributed by atoms with Gasteiger partial charge in [0.25, 0.3) is 0 Å². The first-order valence-corrected chi connectivity index (χ1v) is 4.89. The van der Waals surface area contributed by atoms with Gasteiger partial charge in [0.05, 0.1) is 18.1 Å². The van der Waals surface area contributed by atoms with Crippen molar-refractivity contribution < 1.29 is 0 Å². The molecule has 2 unspecified atom stereocenters. The summed E-state index contributed by atoms with van der Waals surface area (Å²) in [6.45, 7) is 5.72. The van der Waals surface area contributed by atoms with Crippen LogP contribution >= 0.6 is 0 Å². The average molecular weight is 179 g/mol. The van der Waals surface area contributed by atoms with E-state index < -0.39 is 0 Å². The van der Waals surface area contributed by atoms with Gasteiger partial charge in [-0.05, 0) is 11.8 Å². The number of aryl methyl sites for hydroxylation is 1. The van der Waals surface area contributed by atoms with Crippen molar-refractivity contribution in [3.63, 3.8) is 0 Å². The molecule has 0 aromatic carbocycles. The van der Waals surface area contributed by atoms with E-state index in [9.17, 15) is 0 Å². The number of nitrogens with zero attached hydrogens (tertiary/aromatic N) is 2. The molecule has 0 aliphatic carbocycles. The van der Waals surface area contributed by atoms with Crippen LogP contribution in [0.3, 0.4) is 0 Å². The molecule has 1 aromatic rings. The van der Waals surface area contributed by atoms with Gasteiger partial charge in [-0.25, -0.2) is 4.98 Å². The predicted molar refractivity (Wildman–Crippen MR) is 52.3 cm³/mol. The van der Waals surface area contributed by atoms with E-state index >= 15 is 0 Å². The lowest BCUT2D eigenvalue weighted by molar-refractivity contribution is 0.167. The third-order valence-corrected chi connectivity index (χ3v) is 3.03. The smallest absolute Gasteiger partial charge is 0.0946 e. The van der Waals surface area contributed by atoms with Crippen molar-refractivity contribution in [2.75, 3.05) is 6.54 Å². The van der Waals surface area contributed by atoms with Crippen molar-refractivity contribution in [1.82, 2.24) is 14.9 Å². The Morgan fingerprint density at radius 2 is 2.38 bits per heavy atom. The normalized spacial score (nSPS) is 27.7. The van der Waals surface area contributed by atoms with Gasteiger partial charge < -0.3 is 9.88 Å². The molecule has 0 radical (unpaired) electrons. The van der Waals surface area contributed by atoms with Gasteiger partial charge >= 0.3 is 0 Å². The van der Waals surface area contributed by atoms with Crippen LogP contribution in [0.15, 0.2) is 12.5 Å². The molecule has 1 saturated heterocycles. The molecular weight excluding hydrogens is 162 g/mol. The van der Waals surface area contributed by atoms with Gasteiger partial charge in [0.1, 0.15) is 0 Å². The first-order chi connectivity index (χ1) is 6.20. The summed E-state index contributed by atoms with van der Waals surface area (Å²) in [6.07, 6.45) is 3.83. The Bertz CT molecular complexity index is 290. The van der Waals surface area contributed by atoms with Crippen LogP contribution in [0.25, 0.3) is 0 Å². The fraction of sp³-hybridized carbons (Fsp3) is 0.700. The van der Waals surface area contributed by atoms with E-state index in [0.717, 1.165) is 18.4 Å². The van der Waals surface area contributed by atoms with Gasteiger partial charge in [0.2, 0.25) is 0 Å². The van der Waals surface area contributed by atoms with E-state index in [2.05, 4.69) is 35.8 Å². The third kappa shape index (κ3) is 1.37. The lowest BCUT2D eigenvalue weighted by atomic mass is 9.81. The molecule has 3 heteroatoms. The number of hydrogen-bond acceptors (Lipinski definition) is 2. The molecule has 0 amide bonds. The Balaban J connectivity index is 2.15. The summed E-state index contributed by atoms with van der Waals surface area (Å²) in [5, 5.41) is 3.46. The highest BCUT2D eigenvalue weighted by molar-refractivity contribution is 5.11. The molecule has 2 rings (SSSR count). The SMILES string of the molecule is CC(C)C1CNC1c1cncn1C. The van der Waals surface area contributed by atoms with Gasteiger partial charge in [-0.2, -0.15) is 0 Å². The Kier molecular flexibility index (Phi) is 2.12. The Morgan fingerprint density at radius 3 is 2.77 bits per heavy atom. The molecule has 1 N–H and O–H groups in total. The second kappa shape index (κ2) is 3.14. The summed E-state index contributed by atoms with van der Waals surface area (Å²) < 4.78 is 2.10. The van der Waals surface area contributed by atoms with E-state index in [4.69, 9.17) is 0 Å². The quantitative estimate of drug-likeness (QED) is 0.742. The zero-order valence-electron chi connectivity index (χ0n) is 8.49. The summed E-state index contributed by atoms with van der Waals surface area (Å²) >= 11 is 0. The molecule has 0 saturated carbocycles. The summed E-state index contributed by atoms with van der Waals surface area (Å²) in [7, 11) is 2.06. The van der Waals surface area contributed by atoms with Crippen LogP contribution in [-0.2, 0) is 7.05 Å². The topological polar surface area (TPSA) is 29.9 Å². The number of imidazole rings is 1. The van der Waals surface area contributed by atoms with Crippen LogP contribution in [-0.4, -0.2) is 16.1 Å². The van der Waals surface area contributed by atoms with Crippen LogP contribution in [0.5, 0.6) is 0 Å². The Hall–Kier alpha value is -0.830. The predicted octanol–water partition coefficient (Wildman–Crippen LogP) is 1.34. The van der Waals surface area contributed by atoms with Crippen LogP contribution < -0.4 is 5.32 Å². The summed E-state index contributed by atoms with van der Waals surface area (Å²) in [6, 6.07) is 0.521. The first-order valence-electron chi connectivity index (χ1n) is 4.89. The van der Waals surface area contributed by atoms with Crippen LogP contribution in [0.2, 0.25) is 0 Å². The highest BCUT2D eigenvalue weighted by atomic mass is 15.1. The maximum atomic E-state index is 4.14. The molecule has 1 aromatic heterocycles. The van der Waals surface area contributed by atoms with E-state index in [0.29, 0.717) is 6.04 Å². The minimum Gasteiger partial charge on any atom is -0.336 e. The maximum absolute atomic E-state index is 4.14. The number of nitrogens with one attached hydrogen (secondary N) is 1. The molecule has 1 fully saturated rings. The maximum Gasteiger partial charge on any atom is 0.0946 e. The van der Waals surface area contributed by atoms with Crippen molar-refractivity contribution in [2.45, 2.75) is 19.9 Å². The van der Waals surface area contributed by atoms with Gasteiger partial charge in [-0.3, -0.25) is 0 Å². The van der Waals surface area contributed by atoms with E-state index in [1.165, 1.54) is 5.69 Å². The van der Waals surface area contributed by atoms with Gasteiger partial charge in [-0.15, -0.1) is 0 Å². The second-order valence-corrected chi connectivity index (χ2v) is 4.22. The highest BCUT2D eigenvalue weighted by Crippen LogP contribution is 2.33. The molecule has 0 spiro atoms. The lowest BCUT2D eigenvalue weighted by Gasteiger charge is -2.40. The highest BCUT2D eigenvalue weighted by Gasteiger charge is 2.35. The fourth-order valence-corrected chi connectivity index (χ4v) is 1.98. The number of hydrogen-bond donors (Lipinski definition) is 1. The monoisotopic (exact) mass is 179 g/mol. The van der Waals surface area contributed by atoms with Crippen molar-refractivity contribution in [3.05, 3.63) is 18.2 Å². The van der Waals surface area contributed by atoms with Crippen molar-refractivity contribution in [3.8, 4) is 0 Å². The lowest BCUT2D eigenvalue weighted by Crippen LogP contribution is -2.48. The Morgan fingerprint density at radius 1 is 1.62 bits per heavy atom. The molecule has 72 valence electrons. The van der Waals surface area contributed by atoms with E-state index in [-0.39, 0.29) is 0 Å². The molecule has 1 aliphatic heterocycles. The summed E-state index contributed by atoms with van der Waals surface area (Å²) in [4.78, 5) is 4.14. The second-order valence-electron chi connectivity index (χ2n) is 4.22. The zero-order valence-corrected chi connectivity index (χ0v) is 8.49. The standard InChI is InChI=1S/C10H17N3/c1-7(2)8-4-12-10(8)9-5-11-6-13(9)3/h5-8,10,12H,4H2,1-3H3. The molecule has 2 atom stereocenters. The molecule has 1 aliphatic rings. The average Bonchev–Trinajstić information content (AvgIpc) is 2.33. The molecule has 3 nitrogen and oxygen atoms in total. The first kappa shape index (κ1) is 8.75. The number of rotatable bonds is 2. The van der Waals surface area contributed by atoms with Gasteiger partial charge in [0.15, 0.2) is 0 Å². The van der Waals surface area contributed by atoms with Crippen LogP contribution in [0.4, 0.5) is 0 Å². The van der Waals surface area contributed by atoms with Crippen molar-refractivity contribution >= 4 is 0 Å². The molecular formula is C10H17N3. The van der Waals surface area contributed by atoms with E-state index in [1.807, 2.05) is 12.5 Å². The summed E-state index contributed by atoms with van der Waals surface area (Å²) in [5.74, 6) is 1.52. The minimum absolute atomic E-state index is 0.521. The van der Waals surface area contributed by atoms with E-state index in [1.54, 1.807) is 0 Å². The van der Waals surface area contributed by atoms with Crippen molar-refractivity contribution in [2.24, 2.45) is 18.9 Å². The molecule has 0 bridgehead atoms. The third-order valence-electron chi connectivity index (χ3n) is 3.03. The Labute approximate surface area is 79.2 Å². The molecule has 2 heterocycles. The zero-order chi connectivity index (χ0) is 9.42. The van der Waals surface area contributed by atoms with Crippen molar-refractivity contribution in [1.29, 1.82) is 0 Å². The molecule has 13 heavy (non-hydrogen) atoms. The van der Waals surface area contributed by atoms with Gasteiger partial charge in [0, 0.05) is 19.8 Å². The minimum atomic E-state index is 0.521. The largest absolute Gasteiger partial charge is 0.336 e. The van der Waals surface area contributed by atoms with Crippen LogP contribution in [0, 0.1) is 11.8 Å². The van der Waals surface area contributed by atoms with Gasteiger partial charge in [-0.1, -0.05) is 13.8 Å². The van der Waals surface area contributed by atoms with Crippen LogP contribution in [0.1, 0.15) is 25.6 Å².